The topological polar surface area (TPSA) is 92.7 Å². The number of rotatable bonds is 8. The number of pyridine rings is 1. The van der Waals surface area contributed by atoms with Crippen molar-refractivity contribution < 1.29 is 17.9 Å². The maximum atomic E-state index is 14.0. The van der Waals surface area contributed by atoms with Crippen molar-refractivity contribution in [3.63, 3.8) is 0 Å². The van der Waals surface area contributed by atoms with Crippen LogP contribution in [0.4, 0.5) is 5.13 Å². The number of hydrogen-bond donors (Lipinski definition) is 0. The minimum atomic E-state index is -3.73. The van der Waals surface area contributed by atoms with Gasteiger partial charge in [0.15, 0.2) is 5.13 Å². The van der Waals surface area contributed by atoms with Gasteiger partial charge in [-0.2, -0.15) is 4.31 Å². The number of hydrogen-bond acceptors (Lipinski definition) is 8. The average Bonchev–Trinajstić information content (AvgIpc) is 3.54. The second kappa shape index (κ2) is 11.0. The fourth-order valence-electron chi connectivity index (χ4n) is 4.30. The number of carbonyl (C=O) groups excluding carboxylic acids is 1. The zero-order chi connectivity index (χ0) is 26.0. The maximum absolute atomic E-state index is 14.0. The fourth-order valence-corrected chi connectivity index (χ4v) is 8.46. The molecule has 5 rings (SSSR count). The lowest BCUT2D eigenvalue weighted by Gasteiger charge is -2.33. The van der Waals surface area contributed by atoms with Gasteiger partial charge in [0, 0.05) is 19.3 Å². The van der Waals surface area contributed by atoms with Crippen molar-refractivity contribution in [2.45, 2.75) is 30.5 Å². The van der Waals surface area contributed by atoms with Crippen molar-refractivity contribution in [2.75, 3.05) is 24.6 Å². The summed E-state index contributed by atoms with van der Waals surface area (Å²) in [6.45, 7) is 3.19. The Morgan fingerprint density at radius 1 is 1.22 bits per heavy atom. The SMILES string of the molecule is CCOc1ccc2nc(N(Cc3ccccn3)C(=O)C3CCCN(S(=O)(=O)c4ccc(Cl)s4)C3)sc2c1. The van der Waals surface area contributed by atoms with Crippen molar-refractivity contribution >= 4 is 65.6 Å². The molecule has 1 fully saturated rings. The first-order valence-corrected chi connectivity index (χ1v) is 15.3. The molecule has 1 aromatic carbocycles. The molecule has 0 aliphatic carbocycles. The molecule has 0 N–H and O–H groups in total. The Morgan fingerprint density at radius 3 is 2.81 bits per heavy atom. The van der Waals surface area contributed by atoms with Gasteiger partial charge in [0.05, 0.1) is 39.3 Å². The van der Waals surface area contributed by atoms with Crippen molar-refractivity contribution in [1.82, 2.24) is 14.3 Å². The third-order valence-corrected chi connectivity index (χ3v) is 10.7. The van der Waals surface area contributed by atoms with Crippen LogP contribution in [0.3, 0.4) is 0 Å². The molecule has 12 heteroatoms. The van der Waals surface area contributed by atoms with Crippen LogP contribution in [-0.2, 0) is 21.4 Å². The Labute approximate surface area is 228 Å². The molecule has 0 radical (unpaired) electrons. The van der Waals surface area contributed by atoms with E-state index in [4.69, 9.17) is 21.3 Å². The van der Waals surface area contributed by atoms with Gasteiger partial charge >= 0.3 is 0 Å². The quantitative estimate of drug-likeness (QED) is 0.277. The molecule has 8 nitrogen and oxygen atoms in total. The van der Waals surface area contributed by atoms with E-state index in [1.54, 1.807) is 17.2 Å². The van der Waals surface area contributed by atoms with Gasteiger partial charge in [-0.1, -0.05) is 29.0 Å². The van der Waals surface area contributed by atoms with E-state index in [1.165, 1.54) is 21.7 Å². The highest BCUT2D eigenvalue weighted by molar-refractivity contribution is 7.91. The molecule has 1 unspecified atom stereocenters. The number of carbonyl (C=O) groups is 1. The molecule has 1 aliphatic heterocycles. The molecule has 1 saturated heterocycles. The van der Waals surface area contributed by atoms with E-state index in [0.717, 1.165) is 33.0 Å². The molecule has 0 spiro atoms. The molecule has 4 aromatic rings. The summed E-state index contributed by atoms with van der Waals surface area (Å²) in [5, 5.41) is 0.546. The number of sulfonamides is 1. The highest BCUT2D eigenvalue weighted by atomic mass is 35.5. The summed E-state index contributed by atoms with van der Waals surface area (Å²) in [6, 6.07) is 14.3. The Bertz CT molecular complexity index is 1510. The number of benzene rings is 1. The van der Waals surface area contributed by atoms with E-state index in [-0.39, 0.29) is 23.2 Å². The summed E-state index contributed by atoms with van der Waals surface area (Å²) < 4.78 is 35.0. The van der Waals surface area contributed by atoms with Crippen LogP contribution in [0.25, 0.3) is 10.2 Å². The summed E-state index contributed by atoms with van der Waals surface area (Å²) in [5.41, 5.74) is 1.49. The first-order valence-electron chi connectivity index (χ1n) is 11.9. The van der Waals surface area contributed by atoms with Gasteiger partial charge in [0.1, 0.15) is 9.96 Å². The van der Waals surface area contributed by atoms with Crippen molar-refractivity contribution in [3.8, 4) is 5.75 Å². The second-order valence-electron chi connectivity index (χ2n) is 8.57. The lowest BCUT2D eigenvalue weighted by Crippen LogP contribution is -2.46. The highest BCUT2D eigenvalue weighted by Gasteiger charge is 2.37. The van der Waals surface area contributed by atoms with Crippen LogP contribution in [0.15, 0.2) is 58.9 Å². The van der Waals surface area contributed by atoms with Gasteiger partial charge < -0.3 is 4.74 Å². The number of amides is 1. The monoisotopic (exact) mass is 576 g/mol. The smallest absolute Gasteiger partial charge is 0.252 e. The predicted molar refractivity (Wildman–Crippen MR) is 147 cm³/mol. The Kier molecular flexibility index (Phi) is 7.77. The lowest BCUT2D eigenvalue weighted by atomic mass is 9.98. The van der Waals surface area contributed by atoms with Gasteiger partial charge in [0.2, 0.25) is 5.91 Å². The summed E-state index contributed by atoms with van der Waals surface area (Å²) in [5.74, 6) is 0.0714. The zero-order valence-electron chi connectivity index (χ0n) is 20.0. The molecule has 37 heavy (non-hydrogen) atoms. The third kappa shape index (κ3) is 5.65. The molecule has 0 saturated carbocycles. The van der Waals surface area contributed by atoms with Gasteiger partial charge in [-0.25, -0.2) is 13.4 Å². The van der Waals surface area contributed by atoms with E-state index in [1.807, 2.05) is 43.3 Å². The van der Waals surface area contributed by atoms with Crippen LogP contribution in [-0.4, -0.2) is 48.3 Å². The number of ether oxygens (including phenoxy) is 1. The van der Waals surface area contributed by atoms with Crippen LogP contribution >= 0.6 is 34.3 Å². The van der Waals surface area contributed by atoms with E-state index in [9.17, 15) is 13.2 Å². The molecule has 1 aliphatic rings. The number of anilines is 1. The minimum Gasteiger partial charge on any atom is -0.494 e. The Hall–Kier alpha value is -2.57. The van der Waals surface area contributed by atoms with Crippen LogP contribution in [0, 0.1) is 5.92 Å². The first-order chi connectivity index (χ1) is 17.8. The van der Waals surface area contributed by atoms with Crippen LogP contribution in [0.1, 0.15) is 25.5 Å². The fraction of sp³-hybridized carbons (Fsp3) is 0.320. The van der Waals surface area contributed by atoms with Gasteiger partial charge in [-0.05, 0) is 62.2 Å². The van der Waals surface area contributed by atoms with E-state index in [0.29, 0.717) is 35.5 Å². The molecular weight excluding hydrogens is 552 g/mol. The number of thiophene rings is 1. The van der Waals surface area contributed by atoms with Gasteiger partial charge in [-0.3, -0.25) is 14.7 Å². The van der Waals surface area contributed by atoms with E-state index < -0.39 is 15.9 Å². The second-order valence-corrected chi connectivity index (χ2v) is 13.5. The third-order valence-electron chi connectivity index (χ3n) is 6.08. The van der Waals surface area contributed by atoms with Crippen LogP contribution in [0.5, 0.6) is 5.75 Å². The van der Waals surface area contributed by atoms with Gasteiger partial charge in [0.25, 0.3) is 10.0 Å². The molecular formula is C25H25ClN4O4S3. The predicted octanol–water partition coefficient (Wildman–Crippen LogP) is 5.44. The number of fused-ring (bicyclic) bond motifs is 1. The van der Waals surface area contributed by atoms with E-state index in [2.05, 4.69) is 4.98 Å². The number of aromatic nitrogens is 2. The van der Waals surface area contributed by atoms with Crippen LogP contribution < -0.4 is 9.64 Å². The van der Waals surface area contributed by atoms with Crippen molar-refractivity contribution in [1.29, 1.82) is 0 Å². The molecule has 1 amide bonds. The minimum absolute atomic E-state index is 0.106. The standard InChI is InChI=1S/C25H25ClN4O4S3/c1-2-34-19-8-9-20-21(14-19)35-25(28-20)30(16-18-7-3-4-12-27-18)24(31)17-6-5-13-29(15-17)37(32,33)23-11-10-22(26)36-23/h3-4,7-12,14,17H,2,5-6,13,15-16H2,1H3. The highest BCUT2D eigenvalue weighted by Crippen LogP contribution is 2.35. The van der Waals surface area contributed by atoms with Crippen molar-refractivity contribution in [3.05, 3.63) is 64.8 Å². The molecule has 0 bridgehead atoms. The Morgan fingerprint density at radius 2 is 2.08 bits per heavy atom. The number of nitrogens with zero attached hydrogens (tertiary/aromatic N) is 4. The van der Waals surface area contributed by atoms with Crippen molar-refractivity contribution in [2.24, 2.45) is 5.92 Å². The molecule has 4 heterocycles. The summed E-state index contributed by atoms with van der Waals surface area (Å²) in [4.78, 5) is 24.7. The molecule has 1 atom stereocenters. The van der Waals surface area contributed by atoms with Gasteiger partial charge in [-0.15, -0.1) is 11.3 Å². The summed E-state index contributed by atoms with van der Waals surface area (Å²) in [7, 11) is -3.73. The van der Waals surface area contributed by atoms with Crippen LogP contribution in [0.2, 0.25) is 4.34 Å². The maximum Gasteiger partial charge on any atom is 0.252 e. The first kappa shape index (κ1) is 26.1. The average molecular weight is 577 g/mol. The zero-order valence-corrected chi connectivity index (χ0v) is 23.2. The number of piperidine rings is 1. The normalized spacial score (nSPS) is 16.6. The summed E-state index contributed by atoms with van der Waals surface area (Å²) in [6.07, 6.45) is 2.86. The molecule has 3 aromatic heterocycles. The summed E-state index contributed by atoms with van der Waals surface area (Å²) >= 11 is 8.41. The number of halogens is 1. The number of thiazole rings is 1. The largest absolute Gasteiger partial charge is 0.494 e. The lowest BCUT2D eigenvalue weighted by molar-refractivity contribution is -0.123. The molecule has 194 valence electrons. The Balaban J connectivity index is 1.45. The van der Waals surface area contributed by atoms with E-state index >= 15 is 0 Å².